The molecule has 0 fully saturated rings. The molecule has 0 amide bonds. The van der Waals surface area contributed by atoms with Crippen LogP contribution in [-0.4, -0.2) is 17.0 Å². The zero-order valence-electron chi connectivity index (χ0n) is 11.0. The molecule has 0 aliphatic heterocycles. The SMILES string of the molecule is COc1ncccc1CNc1cc(F)c(Br)cc1[N+](=O)[O-]. The maximum absolute atomic E-state index is 13.5. The van der Waals surface area contributed by atoms with Crippen molar-refractivity contribution in [1.82, 2.24) is 4.98 Å². The average Bonchev–Trinajstić information content (AvgIpc) is 2.48. The number of hydrogen-bond acceptors (Lipinski definition) is 5. The van der Waals surface area contributed by atoms with Crippen molar-refractivity contribution in [3.63, 3.8) is 0 Å². The quantitative estimate of drug-likeness (QED) is 0.655. The van der Waals surface area contributed by atoms with Crippen LogP contribution in [0.4, 0.5) is 15.8 Å². The second-order valence-corrected chi connectivity index (χ2v) is 4.92. The number of anilines is 1. The third-order valence-corrected chi connectivity index (χ3v) is 3.36. The molecular formula is C13H11BrFN3O3. The van der Waals surface area contributed by atoms with E-state index in [1.54, 1.807) is 18.3 Å². The van der Waals surface area contributed by atoms with Crippen molar-refractivity contribution < 1.29 is 14.1 Å². The van der Waals surface area contributed by atoms with Crippen LogP contribution < -0.4 is 10.1 Å². The lowest BCUT2D eigenvalue weighted by molar-refractivity contribution is -0.384. The number of nitro groups is 1. The first kappa shape index (κ1) is 15.2. The van der Waals surface area contributed by atoms with E-state index in [-0.39, 0.29) is 22.4 Å². The minimum Gasteiger partial charge on any atom is -0.481 e. The van der Waals surface area contributed by atoms with Crippen molar-refractivity contribution in [2.45, 2.75) is 6.54 Å². The summed E-state index contributed by atoms with van der Waals surface area (Å²) in [4.78, 5) is 14.4. The Hall–Kier alpha value is -2.22. The summed E-state index contributed by atoms with van der Waals surface area (Å²) < 4.78 is 18.7. The highest BCUT2D eigenvalue weighted by atomic mass is 79.9. The maximum Gasteiger partial charge on any atom is 0.293 e. The van der Waals surface area contributed by atoms with Crippen molar-refractivity contribution in [1.29, 1.82) is 0 Å². The predicted molar refractivity (Wildman–Crippen MR) is 78.9 cm³/mol. The van der Waals surface area contributed by atoms with E-state index >= 15 is 0 Å². The van der Waals surface area contributed by atoms with E-state index in [1.807, 2.05) is 0 Å². The van der Waals surface area contributed by atoms with Crippen LogP contribution >= 0.6 is 15.9 Å². The van der Waals surface area contributed by atoms with Crippen molar-refractivity contribution in [3.05, 3.63) is 56.4 Å². The van der Waals surface area contributed by atoms with Gasteiger partial charge in [-0.1, -0.05) is 6.07 Å². The molecule has 0 unspecified atom stereocenters. The minimum atomic E-state index is -0.582. The third kappa shape index (κ3) is 3.46. The molecule has 0 aliphatic rings. The number of benzene rings is 1. The van der Waals surface area contributed by atoms with Crippen LogP contribution in [0.3, 0.4) is 0 Å². The van der Waals surface area contributed by atoms with Crippen molar-refractivity contribution >= 4 is 27.3 Å². The Balaban J connectivity index is 2.27. The molecule has 1 heterocycles. The zero-order valence-corrected chi connectivity index (χ0v) is 12.6. The van der Waals surface area contributed by atoms with E-state index in [0.29, 0.717) is 11.4 Å². The van der Waals surface area contributed by atoms with Gasteiger partial charge in [-0.15, -0.1) is 0 Å². The summed E-state index contributed by atoms with van der Waals surface area (Å²) in [5.74, 6) is -0.175. The lowest BCUT2D eigenvalue weighted by atomic mass is 10.2. The van der Waals surface area contributed by atoms with Gasteiger partial charge in [-0.2, -0.15) is 0 Å². The molecule has 1 aromatic heterocycles. The number of nitro benzene ring substituents is 1. The summed E-state index contributed by atoms with van der Waals surface area (Å²) in [7, 11) is 1.48. The number of ether oxygens (including phenoxy) is 1. The smallest absolute Gasteiger partial charge is 0.293 e. The summed E-state index contributed by atoms with van der Waals surface area (Å²) >= 11 is 2.93. The Bertz CT molecular complexity index is 682. The second kappa shape index (κ2) is 6.49. The molecular weight excluding hydrogens is 345 g/mol. The van der Waals surface area contributed by atoms with Crippen molar-refractivity contribution in [2.75, 3.05) is 12.4 Å². The molecule has 2 rings (SSSR count). The Labute approximate surface area is 128 Å². The van der Waals surface area contributed by atoms with Crippen LogP contribution in [0, 0.1) is 15.9 Å². The van der Waals surface area contributed by atoms with E-state index in [0.717, 1.165) is 12.1 Å². The fraction of sp³-hybridized carbons (Fsp3) is 0.154. The number of pyridine rings is 1. The topological polar surface area (TPSA) is 77.3 Å². The Morgan fingerprint density at radius 3 is 2.95 bits per heavy atom. The number of nitrogens with one attached hydrogen (secondary N) is 1. The highest BCUT2D eigenvalue weighted by Gasteiger charge is 2.17. The first-order chi connectivity index (χ1) is 10.0. The minimum absolute atomic E-state index is 0.0405. The summed E-state index contributed by atoms with van der Waals surface area (Å²) in [5.41, 5.74) is 0.579. The number of methoxy groups -OCH3 is 1. The molecule has 0 saturated carbocycles. The average molecular weight is 356 g/mol. The highest BCUT2D eigenvalue weighted by Crippen LogP contribution is 2.31. The van der Waals surface area contributed by atoms with E-state index in [9.17, 15) is 14.5 Å². The fourth-order valence-corrected chi connectivity index (χ4v) is 2.09. The van der Waals surface area contributed by atoms with Crippen molar-refractivity contribution in [2.24, 2.45) is 0 Å². The van der Waals surface area contributed by atoms with Gasteiger partial charge in [-0.25, -0.2) is 9.37 Å². The number of aromatic nitrogens is 1. The standard InChI is InChI=1S/C13H11BrFN3O3/c1-21-13-8(3-2-4-16-13)7-17-11-6-10(15)9(14)5-12(11)18(19)20/h2-6,17H,7H2,1H3. The molecule has 1 N–H and O–H groups in total. The van der Waals surface area contributed by atoms with Crippen LogP contribution in [0.15, 0.2) is 34.9 Å². The first-order valence-electron chi connectivity index (χ1n) is 5.88. The van der Waals surface area contributed by atoms with E-state index < -0.39 is 10.7 Å². The zero-order chi connectivity index (χ0) is 15.4. The van der Waals surface area contributed by atoms with Gasteiger partial charge in [0, 0.05) is 30.4 Å². The van der Waals surface area contributed by atoms with Gasteiger partial charge >= 0.3 is 0 Å². The number of rotatable bonds is 5. The molecule has 6 nitrogen and oxygen atoms in total. The Kier molecular flexibility index (Phi) is 4.69. The van der Waals surface area contributed by atoms with E-state index in [2.05, 4.69) is 26.2 Å². The van der Waals surface area contributed by atoms with Crippen LogP contribution in [0.1, 0.15) is 5.56 Å². The lowest BCUT2D eigenvalue weighted by Crippen LogP contribution is -2.05. The van der Waals surface area contributed by atoms with Gasteiger partial charge in [0.05, 0.1) is 16.5 Å². The Morgan fingerprint density at radius 1 is 1.52 bits per heavy atom. The molecule has 0 radical (unpaired) electrons. The summed E-state index contributed by atoms with van der Waals surface area (Å²) in [6, 6.07) is 5.68. The van der Waals surface area contributed by atoms with E-state index in [1.165, 1.54) is 7.11 Å². The number of halogens is 2. The van der Waals surface area contributed by atoms with Gasteiger partial charge in [0.2, 0.25) is 5.88 Å². The van der Waals surface area contributed by atoms with Crippen LogP contribution in [0.25, 0.3) is 0 Å². The molecule has 21 heavy (non-hydrogen) atoms. The van der Waals surface area contributed by atoms with Gasteiger partial charge in [0.1, 0.15) is 11.5 Å². The fourth-order valence-electron chi connectivity index (χ4n) is 1.76. The van der Waals surface area contributed by atoms with Gasteiger partial charge in [0.15, 0.2) is 0 Å². The van der Waals surface area contributed by atoms with Gasteiger partial charge in [0.25, 0.3) is 5.69 Å². The summed E-state index contributed by atoms with van der Waals surface area (Å²) in [5, 5.41) is 13.8. The number of hydrogen-bond donors (Lipinski definition) is 1. The van der Waals surface area contributed by atoms with E-state index in [4.69, 9.17) is 4.74 Å². The molecule has 0 saturated heterocycles. The molecule has 0 bridgehead atoms. The summed E-state index contributed by atoms with van der Waals surface area (Å²) in [6.07, 6.45) is 1.57. The van der Waals surface area contributed by atoms with Crippen molar-refractivity contribution in [3.8, 4) is 5.88 Å². The third-order valence-electron chi connectivity index (χ3n) is 2.75. The van der Waals surface area contributed by atoms with Gasteiger partial charge in [-0.3, -0.25) is 10.1 Å². The maximum atomic E-state index is 13.5. The predicted octanol–water partition coefficient (Wildman–Crippen LogP) is 3.51. The normalized spacial score (nSPS) is 10.2. The van der Waals surface area contributed by atoms with Crippen LogP contribution in [0.5, 0.6) is 5.88 Å². The van der Waals surface area contributed by atoms with Crippen LogP contribution in [0.2, 0.25) is 0 Å². The molecule has 0 atom stereocenters. The summed E-state index contributed by atoms with van der Waals surface area (Å²) in [6.45, 7) is 0.221. The molecule has 1 aromatic carbocycles. The second-order valence-electron chi connectivity index (χ2n) is 4.07. The van der Waals surface area contributed by atoms with Gasteiger partial charge in [-0.05, 0) is 22.0 Å². The molecule has 2 aromatic rings. The van der Waals surface area contributed by atoms with Gasteiger partial charge < -0.3 is 10.1 Å². The highest BCUT2D eigenvalue weighted by molar-refractivity contribution is 9.10. The number of nitrogens with zero attached hydrogens (tertiary/aromatic N) is 2. The largest absolute Gasteiger partial charge is 0.481 e. The van der Waals surface area contributed by atoms with Crippen LogP contribution in [-0.2, 0) is 6.54 Å². The molecule has 0 spiro atoms. The Morgan fingerprint density at radius 2 is 2.29 bits per heavy atom. The lowest BCUT2D eigenvalue weighted by Gasteiger charge is -2.10. The molecule has 110 valence electrons. The monoisotopic (exact) mass is 355 g/mol. The first-order valence-corrected chi connectivity index (χ1v) is 6.67. The molecule has 8 heteroatoms. The molecule has 0 aliphatic carbocycles.